The summed E-state index contributed by atoms with van der Waals surface area (Å²) < 4.78 is 5.88. The van der Waals surface area contributed by atoms with E-state index in [4.69, 9.17) is 16.3 Å². The number of hydrogen-bond acceptors (Lipinski definition) is 4. The van der Waals surface area contributed by atoms with Crippen LogP contribution >= 0.6 is 11.6 Å². The van der Waals surface area contributed by atoms with Gasteiger partial charge in [-0.2, -0.15) is 0 Å². The maximum Gasteiger partial charge on any atom is 0.129 e. The van der Waals surface area contributed by atoms with Crippen LogP contribution in [0.5, 0.6) is 0 Å². The molecule has 0 radical (unpaired) electrons. The minimum atomic E-state index is 0.387. The number of rotatable bonds is 5. The Morgan fingerprint density at radius 1 is 1.48 bits per heavy atom. The molecule has 2 unspecified atom stereocenters. The molecule has 2 atom stereocenters. The zero-order valence-corrected chi connectivity index (χ0v) is 13.4. The van der Waals surface area contributed by atoms with E-state index in [1.165, 1.54) is 19.3 Å². The van der Waals surface area contributed by atoms with Gasteiger partial charge in [-0.1, -0.05) is 18.5 Å². The molecule has 1 saturated heterocycles. The predicted octanol–water partition coefficient (Wildman–Crippen LogP) is 2.99. The quantitative estimate of drug-likeness (QED) is 0.849. The molecular formula is C16H24ClN3O. The van der Waals surface area contributed by atoms with Crippen molar-refractivity contribution in [3.8, 4) is 0 Å². The van der Waals surface area contributed by atoms with Crippen LogP contribution in [0.1, 0.15) is 38.2 Å². The highest BCUT2D eigenvalue weighted by atomic mass is 35.5. The van der Waals surface area contributed by atoms with Gasteiger partial charge in [-0.15, -0.1) is 0 Å². The molecule has 2 aliphatic rings. The predicted molar refractivity (Wildman–Crippen MR) is 86.0 cm³/mol. The Morgan fingerprint density at radius 2 is 2.38 bits per heavy atom. The fraction of sp³-hybridized carbons (Fsp3) is 0.688. The molecule has 1 aliphatic heterocycles. The molecule has 0 spiro atoms. The van der Waals surface area contributed by atoms with Gasteiger partial charge in [0.15, 0.2) is 0 Å². The topological polar surface area (TPSA) is 37.4 Å². The molecule has 1 aromatic heterocycles. The Bertz CT molecular complexity index is 483. The second-order valence-electron chi connectivity index (χ2n) is 5.91. The first-order chi connectivity index (χ1) is 10.3. The van der Waals surface area contributed by atoms with E-state index in [0.29, 0.717) is 12.1 Å². The normalized spacial score (nSPS) is 25.1. The fourth-order valence-electron chi connectivity index (χ4n) is 3.37. The third kappa shape index (κ3) is 3.33. The maximum atomic E-state index is 6.28. The highest BCUT2D eigenvalue weighted by Crippen LogP contribution is 2.33. The lowest BCUT2D eigenvalue weighted by Crippen LogP contribution is -2.49. The van der Waals surface area contributed by atoms with Crippen molar-refractivity contribution in [1.82, 2.24) is 10.3 Å². The molecule has 0 aromatic carbocycles. The van der Waals surface area contributed by atoms with E-state index in [2.05, 4.69) is 28.2 Å². The summed E-state index contributed by atoms with van der Waals surface area (Å²) in [6.45, 7) is 5.71. The van der Waals surface area contributed by atoms with Crippen LogP contribution in [-0.2, 0) is 11.3 Å². The minimum Gasteiger partial charge on any atom is -0.374 e. The Morgan fingerprint density at radius 3 is 3.24 bits per heavy atom. The lowest BCUT2D eigenvalue weighted by atomic mass is 10.1. The average molecular weight is 310 g/mol. The van der Waals surface area contributed by atoms with Crippen molar-refractivity contribution in [2.75, 3.05) is 24.6 Å². The van der Waals surface area contributed by atoms with Gasteiger partial charge >= 0.3 is 0 Å². The van der Waals surface area contributed by atoms with Gasteiger partial charge in [0.25, 0.3) is 0 Å². The summed E-state index contributed by atoms with van der Waals surface area (Å²) in [6, 6.07) is 2.63. The number of halogens is 1. The van der Waals surface area contributed by atoms with Crippen LogP contribution < -0.4 is 10.2 Å². The molecule has 116 valence electrons. The van der Waals surface area contributed by atoms with Crippen molar-refractivity contribution in [2.24, 2.45) is 0 Å². The number of fused-ring (bicyclic) bond motifs is 1. The molecule has 0 bridgehead atoms. The number of pyridine rings is 1. The van der Waals surface area contributed by atoms with Gasteiger partial charge < -0.3 is 15.0 Å². The van der Waals surface area contributed by atoms with E-state index in [-0.39, 0.29) is 0 Å². The van der Waals surface area contributed by atoms with Crippen molar-refractivity contribution < 1.29 is 4.74 Å². The van der Waals surface area contributed by atoms with Crippen LogP contribution in [-0.4, -0.2) is 36.8 Å². The number of ether oxygens (including phenoxy) is 1. The average Bonchev–Trinajstić information content (AvgIpc) is 2.98. The van der Waals surface area contributed by atoms with Crippen LogP contribution in [0, 0.1) is 0 Å². The summed E-state index contributed by atoms with van der Waals surface area (Å²) >= 11 is 6.28. The standard InChI is InChI=1S/C16H24ClN3O/c1-2-6-18-10-12-9-16(19-11-13(12)17)20-7-8-21-15-5-3-4-14(15)20/h9,11,14-15,18H,2-8,10H2,1H3. The lowest BCUT2D eigenvalue weighted by molar-refractivity contribution is 0.0253. The first-order valence-corrected chi connectivity index (χ1v) is 8.40. The van der Waals surface area contributed by atoms with Crippen molar-refractivity contribution in [3.05, 3.63) is 22.8 Å². The van der Waals surface area contributed by atoms with Gasteiger partial charge in [0, 0.05) is 19.3 Å². The molecule has 1 N–H and O–H groups in total. The maximum absolute atomic E-state index is 6.28. The summed E-state index contributed by atoms with van der Waals surface area (Å²) in [4.78, 5) is 6.98. The number of nitrogens with zero attached hydrogens (tertiary/aromatic N) is 2. The third-order valence-corrected chi connectivity index (χ3v) is 4.78. The Balaban J connectivity index is 1.76. The highest BCUT2D eigenvalue weighted by Gasteiger charge is 2.36. The highest BCUT2D eigenvalue weighted by molar-refractivity contribution is 6.31. The Hall–Kier alpha value is -0.840. The van der Waals surface area contributed by atoms with Crippen molar-refractivity contribution >= 4 is 17.4 Å². The molecule has 21 heavy (non-hydrogen) atoms. The first kappa shape index (κ1) is 15.1. The van der Waals surface area contributed by atoms with E-state index >= 15 is 0 Å². The summed E-state index contributed by atoms with van der Waals surface area (Å²) in [7, 11) is 0. The SMILES string of the molecule is CCCNCc1cc(N2CCOC3CCCC32)ncc1Cl. The number of hydrogen-bond donors (Lipinski definition) is 1. The van der Waals surface area contributed by atoms with Crippen molar-refractivity contribution in [2.45, 2.75) is 51.3 Å². The van der Waals surface area contributed by atoms with Gasteiger partial charge in [0.05, 0.1) is 23.8 Å². The smallest absolute Gasteiger partial charge is 0.129 e. The van der Waals surface area contributed by atoms with Crippen LogP contribution in [0.15, 0.2) is 12.3 Å². The number of aromatic nitrogens is 1. The van der Waals surface area contributed by atoms with E-state index in [9.17, 15) is 0 Å². The molecule has 5 heteroatoms. The summed E-state index contributed by atoms with van der Waals surface area (Å²) in [5, 5.41) is 4.16. The van der Waals surface area contributed by atoms with Gasteiger partial charge in [-0.3, -0.25) is 0 Å². The number of anilines is 1. The van der Waals surface area contributed by atoms with Gasteiger partial charge in [-0.05, 0) is 43.9 Å². The minimum absolute atomic E-state index is 0.387. The Kier molecular flexibility index (Phi) is 4.99. The second kappa shape index (κ2) is 6.95. The van der Waals surface area contributed by atoms with Gasteiger partial charge in [0.1, 0.15) is 5.82 Å². The van der Waals surface area contributed by atoms with E-state index < -0.39 is 0 Å². The number of nitrogens with one attached hydrogen (secondary N) is 1. The molecule has 2 fully saturated rings. The van der Waals surface area contributed by atoms with Crippen LogP contribution in [0.25, 0.3) is 0 Å². The Labute approximate surface area is 131 Å². The van der Waals surface area contributed by atoms with Crippen molar-refractivity contribution in [1.29, 1.82) is 0 Å². The monoisotopic (exact) mass is 309 g/mol. The molecule has 1 aromatic rings. The zero-order valence-electron chi connectivity index (χ0n) is 12.6. The van der Waals surface area contributed by atoms with Crippen LogP contribution in [0.2, 0.25) is 5.02 Å². The van der Waals surface area contributed by atoms with E-state index in [1.807, 2.05) is 0 Å². The third-order valence-electron chi connectivity index (χ3n) is 4.44. The summed E-state index contributed by atoms with van der Waals surface area (Å²) in [6.07, 6.45) is 6.95. The summed E-state index contributed by atoms with van der Waals surface area (Å²) in [5.41, 5.74) is 1.14. The fourth-order valence-corrected chi connectivity index (χ4v) is 3.54. The largest absolute Gasteiger partial charge is 0.374 e. The summed E-state index contributed by atoms with van der Waals surface area (Å²) in [5.74, 6) is 1.05. The first-order valence-electron chi connectivity index (χ1n) is 8.03. The van der Waals surface area contributed by atoms with Crippen LogP contribution in [0.4, 0.5) is 5.82 Å². The number of morpholine rings is 1. The van der Waals surface area contributed by atoms with E-state index in [0.717, 1.165) is 49.1 Å². The molecule has 2 heterocycles. The van der Waals surface area contributed by atoms with Crippen LogP contribution in [0.3, 0.4) is 0 Å². The molecular weight excluding hydrogens is 286 g/mol. The van der Waals surface area contributed by atoms with Crippen molar-refractivity contribution in [3.63, 3.8) is 0 Å². The molecule has 4 nitrogen and oxygen atoms in total. The van der Waals surface area contributed by atoms with Gasteiger partial charge in [-0.25, -0.2) is 4.98 Å². The zero-order chi connectivity index (χ0) is 14.7. The molecule has 3 rings (SSSR count). The molecule has 1 saturated carbocycles. The molecule has 0 amide bonds. The van der Waals surface area contributed by atoms with Gasteiger partial charge in [0.2, 0.25) is 0 Å². The lowest BCUT2D eigenvalue weighted by Gasteiger charge is -2.38. The molecule has 1 aliphatic carbocycles. The van der Waals surface area contributed by atoms with E-state index in [1.54, 1.807) is 6.20 Å². The second-order valence-corrected chi connectivity index (χ2v) is 6.32.